The van der Waals surface area contributed by atoms with Gasteiger partial charge in [0.15, 0.2) is 0 Å². The molecule has 2 aromatic carbocycles. The van der Waals surface area contributed by atoms with Crippen molar-refractivity contribution in [2.24, 2.45) is 0 Å². The first kappa shape index (κ1) is 20.0. The van der Waals surface area contributed by atoms with Crippen molar-refractivity contribution < 1.29 is 9.53 Å². The minimum absolute atomic E-state index is 0.109. The Morgan fingerprint density at radius 2 is 1.96 bits per heavy atom. The fourth-order valence-corrected chi connectivity index (χ4v) is 3.95. The van der Waals surface area contributed by atoms with Crippen molar-refractivity contribution >= 4 is 34.8 Å². The predicted molar refractivity (Wildman–Crippen MR) is 111 cm³/mol. The summed E-state index contributed by atoms with van der Waals surface area (Å²) >= 11 is 12.5. The first-order valence-corrected chi connectivity index (χ1v) is 9.96. The summed E-state index contributed by atoms with van der Waals surface area (Å²) in [5.41, 5.74) is 2.57. The lowest BCUT2D eigenvalue weighted by atomic mass is 10.0. The van der Waals surface area contributed by atoms with Gasteiger partial charge in [-0.2, -0.15) is 0 Å². The SMILES string of the molecule is CCOc1ccc([C@@H]2CCCN2CC(=O)Nc2c(Cl)ccc(C)c2Cl)cc1. The van der Waals surface area contributed by atoms with Gasteiger partial charge in [0, 0.05) is 6.04 Å². The summed E-state index contributed by atoms with van der Waals surface area (Å²) in [6.07, 6.45) is 2.10. The Kier molecular flexibility index (Phi) is 6.64. The molecule has 1 saturated heterocycles. The van der Waals surface area contributed by atoms with E-state index in [1.165, 1.54) is 5.56 Å². The molecule has 0 aromatic heterocycles. The lowest BCUT2D eigenvalue weighted by Crippen LogP contribution is -2.33. The molecule has 144 valence electrons. The van der Waals surface area contributed by atoms with Crippen molar-refractivity contribution in [2.75, 3.05) is 25.0 Å². The summed E-state index contributed by atoms with van der Waals surface area (Å²) in [5.74, 6) is 0.759. The topological polar surface area (TPSA) is 41.6 Å². The second-order valence-corrected chi connectivity index (χ2v) is 7.52. The number of halogens is 2. The Morgan fingerprint density at radius 1 is 1.22 bits per heavy atom. The number of carbonyl (C=O) groups excluding carboxylic acids is 1. The Hall–Kier alpha value is -1.75. The first-order valence-electron chi connectivity index (χ1n) is 9.21. The molecule has 2 aromatic rings. The van der Waals surface area contributed by atoms with E-state index in [1.807, 2.05) is 32.0 Å². The number of rotatable bonds is 6. The molecular weight excluding hydrogens is 383 g/mol. The molecular formula is C21H24Cl2N2O2. The largest absolute Gasteiger partial charge is 0.494 e. The number of anilines is 1. The van der Waals surface area contributed by atoms with Gasteiger partial charge >= 0.3 is 0 Å². The van der Waals surface area contributed by atoms with Crippen LogP contribution >= 0.6 is 23.2 Å². The highest BCUT2D eigenvalue weighted by Crippen LogP contribution is 2.34. The molecule has 4 nitrogen and oxygen atoms in total. The van der Waals surface area contributed by atoms with E-state index in [9.17, 15) is 4.79 Å². The number of hydrogen-bond donors (Lipinski definition) is 1. The zero-order valence-electron chi connectivity index (χ0n) is 15.6. The Bertz CT molecular complexity index is 809. The van der Waals surface area contributed by atoms with Gasteiger partial charge in [-0.15, -0.1) is 0 Å². The molecule has 1 aliphatic rings. The van der Waals surface area contributed by atoms with E-state index in [2.05, 4.69) is 22.3 Å². The molecule has 0 unspecified atom stereocenters. The van der Waals surface area contributed by atoms with E-state index in [1.54, 1.807) is 6.07 Å². The summed E-state index contributed by atoms with van der Waals surface area (Å²) in [5, 5.41) is 3.81. The van der Waals surface area contributed by atoms with Gasteiger partial charge in [-0.3, -0.25) is 9.69 Å². The minimum Gasteiger partial charge on any atom is -0.494 e. The highest BCUT2D eigenvalue weighted by Gasteiger charge is 2.28. The van der Waals surface area contributed by atoms with Crippen LogP contribution < -0.4 is 10.1 Å². The van der Waals surface area contributed by atoms with Crippen LogP contribution in [0.15, 0.2) is 36.4 Å². The minimum atomic E-state index is -0.109. The van der Waals surface area contributed by atoms with Crippen LogP contribution in [-0.4, -0.2) is 30.5 Å². The average molecular weight is 407 g/mol. The van der Waals surface area contributed by atoms with E-state index < -0.39 is 0 Å². The van der Waals surface area contributed by atoms with E-state index >= 15 is 0 Å². The van der Waals surface area contributed by atoms with Gasteiger partial charge in [-0.25, -0.2) is 0 Å². The smallest absolute Gasteiger partial charge is 0.238 e. The van der Waals surface area contributed by atoms with Crippen LogP contribution in [0.25, 0.3) is 0 Å². The summed E-state index contributed by atoms with van der Waals surface area (Å²) in [4.78, 5) is 14.8. The van der Waals surface area contributed by atoms with Gasteiger partial charge in [0.25, 0.3) is 0 Å². The van der Waals surface area contributed by atoms with Gasteiger partial charge in [-0.05, 0) is 62.6 Å². The van der Waals surface area contributed by atoms with Gasteiger partial charge in [0.2, 0.25) is 5.91 Å². The number of amides is 1. The Morgan fingerprint density at radius 3 is 2.67 bits per heavy atom. The molecule has 1 aliphatic heterocycles. The molecule has 0 radical (unpaired) electrons. The molecule has 6 heteroatoms. The summed E-state index contributed by atoms with van der Waals surface area (Å²) in [6.45, 7) is 5.70. The molecule has 0 saturated carbocycles. The van der Waals surface area contributed by atoms with Crippen molar-refractivity contribution in [2.45, 2.75) is 32.7 Å². The van der Waals surface area contributed by atoms with Crippen LogP contribution in [0.3, 0.4) is 0 Å². The highest BCUT2D eigenvalue weighted by molar-refractivity contribution is 6.40. The fourth-order valence-electron chi connectivity index (χ4n) is 3.48. The third kappa shape index (κ3) is 4.75. The normalized spacial score (nSPS) is 17.1. The average Bonchev–Trinajstić information content (AvgIpc) is 3.11. The van der Waals surface area contributed by atoms with Crippen LogP contribution in [0.2, 0.25) is 10.0 Å². The van der Waals surface area contributed by atoms with Crippen LogP contribution in [0.1, 0.15) is 36.9 Å². The van der Waals surface area contributed by atoms with E-state index in [-0.39, 0.29) is 11.9 Å². The van der Waals surface area contributed by atoms with Gasteiger partial charge in [-0.1, -0.05) is 41.4 Å². The zero-order chi connectivity index (χ0) is 19.4. The van der Waals surface area contributed by atoms with Crippen LogP contribution in [0.4, 0.5) is 5.69 Å². The van der Waals surface area contributed by atoms with Crippen molar-refractivity contribution in [3.05, 3.63) is 57.6 Å². The quantitative estimate of drug-likeness (QED) is 0.690. The van der Waals surface area contributed by atoms with Crippen LogP contribution in [0, 0.1) is 6.92 Å². The summed E-state index contributed by atoms with van der Waals surface area (Å²) < 4.78 is 5.51. The van der Waals surface area contributed by atoms with Crippen LogP contribution in [-0.2, 0) is 4.79 Å². The lowest BCUT2D eigenvalue weighted by molar-refractivity contribution is -0.117. The van der Waals surface area contributed by atoms with E-state index in [0.29, 0.717) is 28.9 Å². The predicted octanol–water partition coefficient (Wildman–Crippen LogP) is 5.48. The van der Waals surface area contributed by atoms with Crippen molar-refractivity contribution in [1.82, 2.24) is 4.90 Å². The maximum atomic E-state index is 12.6. The standard InChI is InChI=1S/C21H24Cl2N2O2/c1-3-27-16-9-7-15(8-10-16)18-5-4-12-25(18)13-19(26)24-21-17(22)11-6-14(2)20(21)23/h6-11,18H,3-5,12-13H2,1-2H3,(H,24,26)/t18-/m0/s1. The van der Waals surface area contributed by atoms with Crippen molar-refractivity contribution in [3.8, 4) is 5.75 Å². The number of hydrogen-bond acceptors (Lipinski definition) is 3. The number of carbonyl (C=O) groups is 1. The summed E-state index contributed by atoms with van der Waals surface area (Å²) in [6, 6.07) is 12.0. The van der Waals surface area contributed by atoms with Gasteiger partial charge in [0.1, 0.15) is 5.75 Å². The molecule has 3 rings (SSSR count). The monoisotopic (exact) mass is 406 g/mol. The molecule has 0 bridgehead atoms. The fraction of sp³-hybridized carbons (Fsp3) is 0.381. The Labute approximate surface area is 170 Å². The third-order valence-electron chi connectivity index (χ3n) is 4.83. The van der Waals surface area contributed by atoms with Gasteiger partial charge in [0.05, 0.1) is 28.9 Å². The molecule has 0 spiro atoms. The first-order chi connectivity index (χ1) is 13.0. The van der Waals surface area contributed by atoms with E-state index in [0.717, 1.165) is 30.7 Å². The number of benzene rings is 2. The van der Waals surface area contributed by atoms with Crippen molar-refractivity contribution in [1.29, 1.82) is 0 Å². The number of nitrogens with one attached hydrogen (secondary N) is 1. The van der Waals surface area contributed by atoms with Crippen molar-refractivity contribution in [3.63, 3.8) is 0 Å². The van der Waals surface area contributed by atoms with E-state index in [4.69, 9.17) is 27.9 Å². The molecule has 1 heterocycles. The maximum absolute atomic E-state index is 12.6. The number of likely N-dealkylation sites (tertiary alicyclic amines) is 1. The number of ether oxygens (including phenoxy) is 1. The second kappa shape index (κ2) is 8.96. The maximum Gasteiger partial charge on any atom is 0.238 e. The van der Waals surface area contributed by atoms with Gasteiger partial charge < -0.3 is 10.1 Å². The number of nitrogens with zero attached hydrogens (tertiary/aromatic N) is 1. The third-order valence-corrected chi connectivity index (χ3v) is 5.64. The van der Waals surface area contributed by atoms with Crippen LogP contribution in [0.5, 0.6) is 5.75 Å². The lowest BCUT2D eigenvalue weighted by Gasteiger charge is -2.24. The molecule has 27 heavy (non-hydrogen) atoms. The second-order valence-electron chi connectivity index (χ2n) is 6.73. The molecule has 1 amide bonds. The highest BCUT2D eigenvalue weighted by atomic mass is 35.5. The molecule has 0 aliphatic carbocycles. The molecule has 1 N–H and O–H groups in total. The molecule has 1 fully saturated rings. The number of aryl methyl sites for hydroxylation is 1. The molecule has 1 atom stereocenters. The zero-order valence-corrected chi connectivity index (χ0v) is 17.1. The Balaban J connectivity index is 1.67. The summed E-state index contributed by atoms with van der Waals surface area (Å²) in [7, 11) is 0.